The van der Waals surface area contributed by atoms with Gasteiger partial charge in [-0.15, -0.1) is 11.3 Å². The van der Waals surface area contributed by atoms with Gasteiger partial charge in [-0.3, -0.25) is 4.79 Å². The topological polar surface area (TPSA) is 56.0 Å². The first-order chi connectivity index (χ1) is 8.24. The summed E-state index contributed by atoms with van der Waals surface area (Å²) in [4.78, 5) is 20.3. The molecule has 0 aliphatic heterocycles. The van der Waals surface area contributed by atoms with Crippen LogP contribution >= 0.6 is 11.3 Å². The Kier molecular flexibility index (Phi) is 2.26. The van der Waals surface area contributed by atoms with Crippen molar-refractivity contribution in [2.75, 3.05) is 0 Å². The lowest BCUT2D eigenvalue weighted by Crippen LogP contribution is -1.97. The van der Waals surface area contributed by atoms with Gasteiger partial charge in [-0.2, -0.15) is 0 Å². The Morgan fingerprint density at radius 1 is 1.41 bits per heavy atom. The summed E-state index contributed by atoms with van der Waals surface area (Å²) in [5.74, 6) is 0.0868. The molecule has 3 aromatic rings. The normalized spacial score (nSPS) is 10.9. The molecule has 3 heterocycles. The monoisotopic (exact) mass is 244 g/mol. The van der Waals surface area contributed by atoms with Gasteiger partial charge in [0.1, 0.15) is 5.52 Å². The molecule has 0 bridgehead atoms. The number of hydrogen-bond acceptors (Lipinski definition) is 5. The van der Waals surface area contributed by atoms with Crippen LogP contribution in [0.2, 0.25) is 0 Å². The Labute approximate surface area is 101 Å². The Bertz CT molecular complexity index is 686. The highest BCUT2D eigenvalue weighted by Gasteiger charge is 2.17. The zero-order chi connectivity index (χ0) is 11.8. The van der Waals surface area contributed by atoms with E-state index in [0.29, 0.717) is 16.1 Å². The van der Waals surface area contributed by atoms with Gasteiger partial charge in [0.25, 0.3) is 5.78 Å². The van der Waals surface area contributed by atoms with E-state index < -0.39 is 0 Å². The van der Waals surface area contributed by atoms with E-state index in [1.165, 1.54) is 11.3 Å². The van der Waals surface area contributed by atoms with Gasteiger partial charge in [-0.1, -0.05) is 0 Å². The SMILES string of the molecule is Cc1ccc2oc(C(=O)c3nccs3)cc2n1. The number of pyridine rings is 1. The maximum atomic E-state index is 12.0. The van der Waals surface area contributed by atoms with Crippen molar-refractivity contribution in [2.24, 2.45) is 0 Å². The summed E-state index contributed by atoms with van der Waals surface area (Å²) in [5, 5.41) is 2.19. The van der Waals surface area contributed by atoms with E-state index in [2.05, 4.69) is 9.97 Å². The average molecular weight is 244 g/mol. The zero-order valence-corrected chi connectivity index (χ0v) is 9.82. The van der Waals surface area contributed by atoms with Gasteiger partial charge in [0.2, 0.25) is 0 Å². The van der Waals surface area contributed by atoms with Crippen LogP contribution in [0, 0.1) is 6.92 Å². The van der Waals surface area contributed by atoms with Crippen LogP contribution in [-0.4, -0.2) is 15.8 Å². The largest absolute Gasteiger partial charge is 0.451 e. The minimum Gasteiger partial charge on any atom is -0.451 e. The van der Waals surface area contributed by atoms with E-state index in [1.54, 1.807) is 17.6 Å². The van der Waals surface area contributed by atoms with E-state index in [1.807, 2.05) is 19.1 Å². The highest BCUT2D eigenvalue weighted by atomic mass is 32.1. The molecule has 4 nitrogen and oxygen atoms in total. The summed E-state index contributed by atoms with van der Waals surface area (Å²) >= 11 is 1.30. The number of nitrogens with zero attached hydrogens (tertiary/aromatic N) is 2. The van der Waals surface area contributed by atoms with Crippen LogP contribution in [0.1, 0.15) is 21.3 Å². The molecule has 0 aromatic carbocycles. The second-order valence-electron chi connectivity index (χ2n) is 3.61. The molecule has 0 spiro atoms. The first-order valence-electron chi connectivity index (χ1n) is 5.05. The number of aromatic nitrogens is 2. The third kappa shape index (κ3) is 1.74. The van der Waals surface area contributed by atoms with Gasteiger partial charge < -0.3 is 4.42 Å². The fourth-order valence-corrected chi connectivity index (χ4v) is 2.16. The van der Waals surface area contributed by atoms with E-state index >= 15 is 0 Å². The standard InChI is InChI=1S/C12H8N2O2S/c1-7-2-3-9-8(14-7)6-10(16-9)11(15)12-13-4-5-17-12/h2-6H,1H3. The van der Waals surface area contributed by atoms with Crippen molar-refractivity contribution in [2.45, 2.75) is 6.92 Å². The maximum Gasteiger partial charge on any atom is 0.256 e. The van der Waals surface area contributed by atoms with Crippen LogP contribution in [-0.2, 0) is 0 Å². The lowest BCUT2D eigenvalue weighted by Gasteiger charge is -1.89. The number of hydrogen-bond donors (Lipinski definition) is 0. The molecule has 0 saturated heterocycles. The molecule has 0 atom stereocenters. The highest BCUT2D eigenvalue weighted by molar-refractivity contribution is 7.11. The zero-order valence-electron chi connectivity index (χ0n) is 9.01. The molecule has 5 heteroatoms. The fraction of sp³-hybridized carbons (Fsp3) is 0.0833. The second kappa shape index (κ2) is 3.78. The minimum atomic E-state index is -0.198. The lowest BCUT2D eigenvalue weighted by atomic mass is 10.3. The van der Waals surface area contributed by atoms with Gasteiger partial charge in [-0.25, -0.2) is 9.97 Å². The molecule has 0 N–H and O–H groups in total. The maximum absolute atomic E-state index is 12.0. The highest BCUT2D eigenvalue weighted by Crippen LogP contribution is 2.21. The first-order valence-corrected chi connectivity index (χ1v) is 5.93. The lowest BCUT2D eigenvalue weighted by molar-refractivity contribution is 0.101. The summed E-state index contributed by atoms with van der Waals surface area (Å²) < 4.78 is 5.46. The number of ketones is 1. The van der Waals surface area contributed by atoms with Crippen molar-refractivity contribution in [1.29, 1.82) is 0 Å². The fourth-order valence-electron chi connectivity index (χ4n) is 1.58. The quantitative estimate of drug-likeness (QED) is 0.650. The Balaban J connectivity index is 2.09. The molecule has 3 rings (SSSR count). The van der Waals surface area contributed by atoms with Gasteiger partial charge in [0.05, 0.1) is 0 Å². The second-order valence-corrected chi connectivity index (χ2v) is 4.51. The Hall–Kier alpha value is -2.01. The Morgan fingerprint density at radius 3 is 3.06 bits per heavy atom. The molecule has 3 aromatic heterocycles. The van der Waals surface area contributed by atoms with E-state index in [4.69, 9.17) is 4.42 Å². The molecule has 84 valence electrons. The average Bonchev–Trinajstić information content (AvgIpc) is 2.96. The van der Waals surface area contributed by atoms with Crippen molar-refractivity contribution < 1.29 is 9.21 Å². The van der Waals surface area contributed by atoms with Crippen LogP contribution in [0.15, 0.2) is 34.2 Å². The number of rotatable bonds is 2. The summed E-state index contributed by atoms with van der Waals surface area (Å²) in [6, 6.07) is 5.33. The van der Waals surface area contributed by atoms with Crippen LogP contribution < -0.4 is 0 Å². The predicted molar refractivity (Wildman–Crippen MR) is 64.3 cm³/mol. The molecule has 0 unspecified atom stereocenters. The molecule has 0 radical (unpaired) electrons. The summed E-state index contributed by atoms with van der Waals surface area (Å²) in [6.45, 7) is 1.90. The number of carbonyl (C=O) groups excluding carboxylic acids is 1. The number of thiazole rings is 1. The molecule has 0 saturated carbocycles. The van der Waals surface area contributed by atoms with Crippen molar-refractivity contribution in [3.05, 3.63) is 46.2 Å². The van der Waals surface area contributed by atoms with Gasteiger partial charge >= 0.3 is 0 Å². The van der Waals surface area contributed by atoms with Crippen LogP contribution in [0.4, 0.5) is 0 Å². The van der Waals surface area contributed by atoms with Gasteiger partial charge in [0, 0.05) is 23.3 Å². The summed E-state index contributed by atoms with van der Waals surface area (Å²) in [7, 11) is 0. The van der Waals surface area contributed by atoms with Gasteiger partial charge in [0.15, 0.2) is 16.4 Å². The molecule has 0 aliphatic rings. The number of carbonyl (C=O) groups is 1. The smallest absolute Gasteiger partial charge is 0.256 e. The third-order valence-corrected chi connectivity index (χ3v) is 3.14. The molecule has 0 fully saturated rings. The molecule has 17 heavy (non-hydrogen) atoms. The van der Waals surface area contributed by atoms with Crippen molar-refractivity contribution in [1.82, 2.24) is 9.97 Å². The third-order valence-electron chi connectivity index (χ3n) is 2.36. The van der Waals surface area contributed by atoms with Gasteiger partial charge in [-0.05, 0) is 19.1 Å². The molecular weight excluding hydrogens is 236 g/mol. The number of fused-ring (bicyclic) bond motifs is 1. The Morgan fingerprint density at radius 2 is 2.29 bits per heavy atom. The number of furan rings is 1. The van der Waals surface area contributed by atoms with Crippen LogP contribution in [0.3, 0.4) is 0 Å². The van der Waals surface area contributed by atoms with E-state index in [0.717, 1.165) is 5.69 Å². The van der Waals surface area contributed by atoms with Crippen LogP contribution in [0.25, 0.3) is 11.1 Å². The van der Waals surface area contributed by atoms with Crippen molar-refractivity contribution >= 4 is 28.2 Å². The molecule has 0 amide bonds. The van der Waals surface area contributed by atoms with Crippen LogP contribution in [0.5, 0.6) is 0 Å². The first kappa shape index (κ1) is 10.2. The predicted octanol–water partition coefficient (Wildman–Crippen LogP) is 2.82. The van der Waals surface area contributed by atoms with E-state index in [9.17, 15) is 4.79 Å². The van der Waals surface area contributed by atoms with Crippen molar-refractivity contribution in [3.63, 3.8) is 0 Å². The minimum absolute atomic E-state index is 0.198. The van der Waals surface area contributed by atoms with Crippen molar-refractivity contribution in [3.8, 4) is 0 Å². The van der Waals surface area contributed by atoms with E-state index in [-0.39, 0.29) is 11.5 Å². The molecular formula is C12H8N2O2S. The number of aryl methyl sites for hydroxylation is 1. The molecule has 0 aliphatic carbocycles. The summed E-state index contributed by atoms with van der Waals surface area (Å²) in [5.41, 5.74) is 2.21. The summed E-state index contributed by atoms with van der Waals surface area (Å²) in [6.07, 6.45) is 1.60.